The number of benzene rings is 2. The highest BCUT2D eigenvalue weighted by Crippen LogP contribution is 2.69. The minimum atomic E-state index is -0.766. The maximum atomic E-state index is 15.0. The van der Waals surface area contributed by atoms with Crippen LogP contribution in [0.25, 0.3) is 0 Å². The van der Waals surface area contributed by atoms with E-state index in [9.17, 15) is 14.7 Å². The van der Waals surface area contributed by atoms with Crippen LogP contribution in [0.2, 0.25) is 0 Å². The molecule has 3 amide bonds. The Morgan fingerprint density at radius 2 is 1.51 bits per heavy atom. The lowest BCUT2D eigenvalue weighted by Crippen LogP contribution is -2.57. The summed E-state index contributed by atoms with van der Waals surface area (Å²) in [5, 5.41) is 9.52. The topological polar surface area (TPSA) is 93.6 Å². The van der Waals surface area contributed by atoms with Crippen LogP contribution in [0.5, 0.6) is 5.75 Å². The molecule has 0 aromatic heterocycles. The Morgan fingerprint density at radius 1 is 0.939 bits per heavy atom. The summed E-state index contributed by atoms with van der Waals surface area (Å²) in [6, 6.07) is 14.7. The predicted molar refractivity (Wildman–Crippen MR) is 199 cm³/mol. The summed E-state index contributed by atoms with van der Waals surface area (Å²) in [5.41, 5.74) is 2.54. The lowest BCUT2D eigenvalue weighted by molar-refractivity contribution is -0.139. The number of thioether (sulfide) groups is 1. The van der Waals surface area contributed by atoms with Crippen molar-refractivity contribution < 1.29 is 24.2 Å². The second kappa shape index (κ2) is 15.9. The van der Waals surface area contributed by atoms with Gasteiger partial charge in [0.1, 0.15) is 11.8 Å². The van der Waals surface area contributed by atoms with Gasteiger partial charge in [-0.15, -0.1) is 24.9 Å². The van der Waals surface area contributed by atoms with Gasteiger partial charge in [-0.2, -0.15) is 0 Å². The lowest BCUT2D eigenvalue weighted by atomic mass is 9.65. The molecule has 3 saturated heterocycles. The smallest absolute Gasteiger partial charge is 0.251 e. The highest BCUT2D eigenvalue weighted by Gasteiger charge is 2.76. The number of ether oxygens (including phenoxy) is 1. The number of likely N-dealkylation sites (tertiary alicyclic amines) is 1. The van der Waals surface area contributed by atoms with Crippen molar-refractivity contribution in [3.8, 4) is 5.75 Å². The van der Waals surface area contributed by atoms with Crippen LogP contribution >= 0.6 is 11.8 Å². The van der Waals surface area contributed by atoms with Crippen molar-refractivity contribution in [2.45, 2.75) is 63.0 Å². The third-order valence-corrected chi connectivity index (χ3v) is 12.6. The lowest BCUT2D eigenvalue weighted by Gasteiger charge is -2.41. The molecule has 1 N–H and O–H groups in total. The molecule has 9 nitrogen and oxygen atoms in total. The van der Waals surface area contributed by atoms with Gasteiger partial charge in [0.2, 0.25) is 11.8 Å². The molecule has 3 unspecified atom stereocenters. The molecule has 3 aliphatic rings. The van der Waals surface area contributed by atoms with E-state index >= 15 is 4.79 Å². The number of nitrogens with zero attached hydrogens (tertiary/aromatic N) is 4. The summed E-state index contributed by atoms with van der Waals surface area (Å²) < 4.78 is 4.86. The average molecular weight is 689 g/mol. The highest BCUT2D eigenvalue weighted by atomic mass is 32.2. The quantitative estimate of drug-likeness (QED) is 0.167. The molecule has 6 atom stereocenters. The van der Waals surface area contributed by atoms with E-state index in [2.05, 4.69) is 38.8 Å². The van der Waals surface area contributed by atoms with Crippen molar-refractivity contribution in [1.82, 2.24) is 4.90 Å². The van der Waals surface area contributed by atoms with Crippen molar-refractivity contribution in [2.24, 2.45) is 17.8 Å². The molecule has 2 aromatic rings. The number of fused-ring (bicyclic) bond motifs is 1. The molecule has 2 aromatic carbocycles. The van der Waals surface area contributed by atoms with E-state index in [4.69, 9.17) is 4.74 Å². The minimum absolute atomic E-state index is 0.00360. The number of carbonyl (C=O) groups excluding carboxylic acids is 3. The second-order valence-electron chi connectivity index (χ2n) is 13.1. The minimum Gasteiger partial charge on any atom is -0.494 e. The standard InChI is InChI=1S/C39H52N4O5S/c1-7-22-41(30-18-20-31(21-19-30)48-11-5)36(45)33-32-26-27(6)39(49-32)34(33)37(46)43(24-12-13-25-44)35(39)38(47)42(23-8-2)29-16-14-28(15-17-29)40(9-3)10-4/h7-8,14-21,27,32-35,44H,1-2,9-13,22-26H2,3-6H3/t27?,32-,33+,34-,35?,39?/m0/s1. The molecule has 0 aliphatic carbocycles. The Bertz CT molecular complexity index is 1500. The number of carbonyl (C=O) groups is 3. The first-order chi connectivity index (χ1) is 23.7. The number of rotatable bonds is 17. The molecular formula is C39H52N4O5S. The van der Waals surface area contributed by atoms with Gasteiger partial charge in [-0.05, 0) is 94.5 Å². The van der Waals surface area contributed by atoms with Gasteiger partial charge in [-0.3, -0.25) is 14.4 Å². The number of anilines is 3. The van der Waals surface area contributed by atoms with Crippen molar-refractivity contribution in [2.75, 3.05) is 60.6 Å². The molecule has 49 heavy (non-hydrogen) atoms. The van der Waals surface area contributed by atoms with Gasteiger partial charge in [0.05, 0.1) is 23.2 Å². The maximum Gasteiger partial charge on any atom is 0.251 e. The van der Waals surface area contributed by atoms with E-state index in [-0.39, 0.29) is 42.0 Å². The van der Waals surface area contributed by atoms with Crippen LogP contribution in [-0.2, 0) is 14.4 Å². The van der Waals surface area contributed by atoms with Crippen LogP contribution in [0.3, 0.4) is 0 Å². The van der Waals surface area contributed by atoms with E-state index in [0.717, 1.165) is 36.6 Å². The van der Waals surface area contributed by atoms with E-state index < -0.39 is 22.6 Å². The summed E-state index contributed by atoms with van der Waals surface area (Å²) in [6.45, 7) is 19.4. The fourth-order valence-corrected chi connectivity index (χ4v) is 10.7. The van der Waals surface area contributed by atoms with E-state index in [1.807, 2.05) is 55.5 Å². The molecule has 264 valence electrons. The number of aliphatic hydroxyl groups is 1. The maximum absolute atomic E-state index is 15.0. The van der Waals surface area contributed by atoms with Crippen molar-refractivity contribution in [3.63, 3.8) is 0 Å². The Hall–Kier alpha value is -3.76. The fraction of sp³-hybridized carbons (Fsp3) is 0.513. The van der Waals surface area contributed by atoms with Gasteiger partial charge >= 0.3 is 0 Å². The van der Waals surface area contributed by atoms with E-state index in [1.165, 1.54) is 0 Å². The number of aliphatic hydroxyl groups excluding tert-OH is 1. The molecule has 2 bridgehead atoms. The molecule has 3 fully saturated rings. The number of amides is 3. The molecular weight excluding hydrogens is 637 g/mol. The Morgan fingerprint density at radius 3 is 2.06 bits per heavy atom. The monoisotopic (exact) mass is 688 g/mol. The summed E-state index contributed by atoms with van der Waals surface area (Å²) in [6.07, 6.45) is 5.24. The normalized spacial score (nSPS) is 25.2. The first-order valence-corrected chi connectivity index (χ1v) is 18.6. The molecule has 10 heteroatoms. The molecule has 0 radical (unpaired) electrons. The van der Waals surface area contributed by atoms with Crippen LogP contribution in [0, 0.1) is 17.8 Å². The zero-order valence-corrected chi connectivity index (χ0v) is 30.2. The summed E-state index contributed by atoms with van der Waals surface area (Å²) in [5.74, 6) is -0.891. The van der Waals surface area contributed by atoms with E-state index in [1.54, 1.807) is 38.6 Å². The average Bonchev–Trinajstić information content (AvgIpc) is 3.70. The van der Waals surface area contributed by atoms with Crippen LogP contribution in [0.4, 0.5) is 17.1 Å². The van der Waals surface area contributed by atoms with Crippen LogP contribution in [0.15, 0.2) is 73.8 Å². The molecule has 0 saturated carbocycles. The van der Waals surface area contributed by atoms with Gasteiger partial charge in [0, 0.05) is 61.6 Å². The Kier molecular flexibility index (Phi) is 11.8. The molecule has 1 spiro atoms. The largest absolute Gasteiger partial charge is 0.494 e. The van der Waals surface area contributed by atoms with Gasteiger partial charge < -0.3 is 29.4 Å². The molecule has 3 heterocycles. The van der Waals surface area contributed by atoms with Crippen LogP contribution in [0.1, 0.15) is 47.0 Å². The summed E-state index contributed by atoms with van der Waals surface area (Å²) in [4.78, 5) is 51.9. The zero-order chi connectivity index (χ0) is 35.3. The van der Waals surface area contributed by atoms with Crippen molar-refractivity contribution in [3.05, 3.63) is 73.8 Å². The first-order valence-electron chi connectivity index (χ1n) is 17.7. The molecule has 5 rings (SSSR count). The van der Waals surface area contributed by atoms with Crippen molar-refractivity contribution in [1.29, 1.82) is 0 Å². The SMILES string of the molecule is C=CCN(C(=O)C1N(CCCCO)C(=O)[C@@H]2[C@H](C(=O)N(CC=C)c3ccc(OCC)cc3)[C@@H]3CC(C)C12S3)c1ccc(N(CC)CC)cc1. The Labute approximate surface area is 296 Å². The zero-order valence-electron chi connectivity index (χ0n) is 29.4. The van der Waals surface area contributed by atoms with Crippen molar-refractivity contribution >= 4 is 46.5 Å². The van der Waals surface area contributed by atoms with Gasteiger partial charge in [0.15, 0.2) is 0 Å². The number of hydrogen-bond acceptors (Lipinski definition) is 7. The third-order valence-electron chi connectivity index (χ3n) is 10.5. The van der Waals surface area contributed by atoms with Gasteiger partial charge in [0.25, 0.3) is 5.91 Å². The van der Waals surface area contributed by atoms with Crippen LogP contribution in [-0.4, -0.2) is 89.7 Å². The highest BCUT2D eigenvalue weighted by molar-refractivity contribution is 8.02. The third kappa shape index (κ3) is 6.61. The number of unbranched alkanes of at least 4 members (excludes halogenated alkanes) is 1. The second-order valence-corrected chi connectivity index (χ2v) is 14.7. The number of hydrogen-bond donors (Lipinski definition) is 1. The van der Waals surface area contributed by atoms with Gasteiger partial charge in [-0.25, -0.2) is 0 Å². The molecule has 3 aliphatic heterocycles. The Balaban J connectivity index is 1.54. The first kappa shape index (κ1) is 36.5. The summed E-state index contributed by atoms with van der Waals surface area (Å²) in [7, 11) is 0. The van der Waals surface area contributed by atoms with Gasteiger partial charge in [-0.1, -0.05) is 19.1 Å². The van der Waals surface area contributed by atoms with Crippen LogP contribution < -0.4 is 19.4 Å². The van der Waals surface area contributed by atoms with E-state index in [0.29, 0.717) is 38.2 Å². The summed E-state index contributed by atoms with van der Waals surface area (Å²) >= 11 is 1.67. The predicted octanol–water partition coefficient (Wildman–Crippen LogP) is 5.78. The fourth-order valence-electron chi connectivity index (χ4n) is 8.27.